The fourth-order valence-corrected chi connectivity index (χ4v) is 33.7. The van der Waals surface area contributed by atoms with E-state index in [-0.39, 0.29) is 24.8 Å². The topological polar surface area (TPSA) is 0 Å². The number of fused-ring (bicyclic) bond motifs is 2. The molecule has 0 nitrogen and oxygen atoms in total. The van der Waals surface area contributed by atoms with Crippen LogP contribution >= 0.6 is 0 Å². The van der Waals surface area contributed by atoms with Crippen LogP contribution in [-0.2, 0) is 20.0 Å². The minimum absolute atomic E-state index is 0. The van der Waals surface area contributed by atoms with Crippen LogP contribution in [0.15, 0.2) is 108 Å². The van der Waals surface area contributed by atoms with Gasteiger partial charge in [0.05, 0.1) is 0 Å². The molecule has 4 aromatic carbocycles. The summed E-state index contributed by atoms with van der Waals surface area (Å²) in [6, 6.07) is 37.4. The fourth-order valence-electron chi connectivity index (χ4n) is 10.8. The Hall–Kier alpha value is -2.19. The Balaban J connectivity index is 0.00000182. The van der Waals surface area contributed by atoms with Gasteiger partial charge in [0, 0.05) is 0 Å². The van der Waals surface area contributed by atoms with Crippen molar-refractivity contribution in [3.63, 3.8) is 0 Å². The van der Waals surface area contributed by atoms with Gasteiger partial charge in [0.2, 0.25) is 0 Å². The van der Waals surface area contributed by atoms with Gasteiger partial charge in [-0.2, -0.15) is 0 Å². The van der Waals surface area contributed by atoms with E-state index in [1.165, 1.54) is 92.9 Å². The summed E-state index contributed by atoms with van der Waals surface area (Å²) < 4.78 is 4.62. The average molecular weight is 838 g/mol. The zero-order chi connectivity index (χ0) is 30.5. The molecule has 4 aromatic rings. The Morgan fingerprint density at radius 3 is 1.21 bits per heavy atom. The van der Waals surface area contributed by atoms with Crippen LogP contribution in [0, 0.1) is 11.8 Å². The van der Waals surface area contributed by atoms with Gasteiger partial charge in [-0.05, 0) is 0 Å². The molecule has 5 aliphatic rings. The molecule has 0 bridgehead atoms. The number of hydrogen-bond donors (Lipinski definition) is 0. The second-order valence-electron chi connectivity index (χ2n) is 15.3. The molecule has 1 heterocycles. The van der Waals surface area contributed by atoms with Crippen molar-refractivity contribution in [2.45, 2.75) is 86.3 Å². The molecule has 0 aromatic heterocycles. The van der Waals surface area contributed by atoms with E-state index in [1.807, 2.05) is 11.1 Å². The van der Waals surface area contributed by atoms with Gasteiger partial charge in [-0.1, -0.05) is 0 Å². The van der Waals surface area contributed by atoms with Crippen molar-refractivity contribution in [1.82, 2.24) is 0 Å². The van der Waals surface area contributed by atoms with Crippen molar-refractivity contribution in [2.24, 2.45) is 11.8 Å². The molecular weight excluding hydrogens is 790 g/mol. The Morgan fingerprint density at radius 2 is 0.833 bits per heavy atom. The second kappa shape index (κ2) is 14.6. The van der Waals surface area contributed by atoms with E-state index in [0.717, 1.165) is 19.2 Å². The summed E-state index contributed by atoms with van der Waals surface area (Å²) in [5.41, 5.74) is 16.2. The third-order valence-corrected chi connectivity index (χ3v) is 35.1. The zero-order valence-corrected chi connectivity index (χ0v) is 33.3. The van der Waals surface area contributed by atoms with E-state index in [4.69, 9.17) is 0 Å². The van der Waals surface area contributed by atoms with E-state index in [1.54, 1.807) is 30.6 Å². The molecule has 2 atom stereocenters. The molecule has 0 amide bonds. The Morgan fingerprint density at radius 1 is 0.417 bits per heavy atom. The largest absolute Gasteiger partial charge is 1.00 e. The van der Waals surface area contributed by atoms with Gasteiger partial charge < -0.3 is 24.8 Å². The van der Waals surface area contributed by atoms with Gasteiger partial charge in [-0.15, -0.1) is 0 Å². The molecule has 1 aliphatic heterocycles. The van der Waals surface area contributed by atoms with Crippen LogP contribution in [0.3, 0.4) is 0 Å². The summed E-state index contributed by atoms with van der Waals surface area (Å²) in [5, 5.41) is 0. The molecular formula is C45H48Cl2Hf. The van der Waals surface area contributed by atoms with Gasteiger partial charge >= 0.3 is 283 Å². The Bertz CT molecular complexity index is 1660. The van der Waals surface area contributed by atoms with Gasteiger partial charge in [-0.25, -0.2) is 0 Å². The number of halogens is 2. The van der Waals surface area contributed by atoms with Crippen LogP contribution in [0.5, 0.6) is 0 Å². The van der Waals surface area contributed by atoms with E-state index in [2.05, 4.69) is 109 Å². The maximum Gasteiger partial charge on any atom is -1.00 e. The average Bonchev–Trinajstić information content (AvgIpc) is 3.70. The molecule has 3 fully saturated rings. The normalized spacial score (nSPS) is 22.4. The predicted octanol–water partition coefficient (Wildman–Crippen LogP) is 7.16. The standard InChI is InChI=1S/2C21H21.C3H6.2ClH.Hf/c2*1-3-8-16(9-4-1)19-14-18-12-7-13-20(21(18)15-19)17-10-5-2-6-11-17;1-3-2;;;/h2*2,5-7,10-16H,1,3-4,8-9H2;1-3H2;2*1H;/q;;;;;+2/p-2. The first-order valence-electron chi connectivity index (χ1n) is 18.6. The summed E-state index contributed by atoms with van der Waals surface area (Å²) in [7, 11) is 0. The minimum atomic E-state index is -3.13. The molecule has 4 aliphatic carbocycles. The third kappa shape index (κ3) is 5.78. The third-order valence-electron chi connectivity index (χ3n) is 12.9. The summed E-state index contributed by atoms with van der Waals surface area (Å²) in [6.45, 7) is 0. The van der Waals surface area contributed by atoms with Gasteiger partial charge in [0.1, 0.15) is 0 Å². The molecule has 0 radical (unpaired) electrons. The van der Waals surface area contributed by atoms with Crippen molar-refractivity contribution in [1.29, 1.82) is 0 Å². The van der Waals surface area contributed by atoms with Gasteiger partial charge in [0.25, 0.3) is 0 Å². The summed E-state index contributed by atoms with van der Waals surface area (Å²) >= 11 is -3.13. The molecule has 2 unspecified atom stereocenters. The van der Waals surface area contributed by atoms with Crippen molar-refractivity contribution >= 4 is 12.2 Å². The molecule has 0 spiro atoms. The SMILES string of the molecule is C1=C(C2CCCCC2)[CH]([Hf+2]2([CH]3C(C4CCCCC4)=Cc4c(-c5ccccc5)cccc43)[CH2]C[CH2]2)c2cccc(-c3ccccc3)c21.[Cl-].[Cl-]. The maximum absolute atomic E-state index is 3.13. The summed E-state index contributed by atoms with van der Waals surface area (Å²) in [5.74, 6) is 1.57. The van der Waals surface area contributed by atoms with E-state index >= 15 is 0 Å². The van der Waals surface area contributed by atoms with Gasteiger partial charge in [0.15, 0.2) is 0 Å². The number of benzene rings is 4. The van der Waals surface area contributed by atoms with Crippen LogP contribution < -0.4 is 24.8 Å². The predicted molar refractivity (Wildman–Crippen MR) is 193 cm³/mol. The minimum Gasteiger partial charge on any atom is -1.00 e. The van der Waals surface area contributed by atoms with Crippen molar-refractivity contribution in [3.8, 4) is 22.3 Å². The number of hydrogen-bond acceptors (Lipinski definition) is 0. The molecule has 9 rings (SSSR count). The van der Waals surface area contributed by atoms with E-state index in [9.17, 15) is 0 Å². The van der Waals surface area contributed by atoms with Crippen LogP contribution in [0.1, 0.15) is 100 Å². The fraction of sp³-hybridized carbons (Fsp3) is 0.378. The first-order chi connectivity index (χ1) is 22.8. The Kier molecular flexibility index (Phi) is 10.4. The van der Waals surface area contributed by atoms with Crippen LogP contribution in [-0.4, -0.2) is 0 Å². The Labute approximate surface area is 305 Å². The monoisotopic (exact) mass is 838 g/mol. The van der Waals surface area contributed by atoms with Gasteiger partial charge in [-0.3, -0.25) is 0 Å². The summed E-state index contributed by atoms with van der Waals surface area (Å²) in [6.07, 6.45) is 21.2. The molecule has 48 heavy (non-hydrogen) atoms. The van der Waals surface area contributed by atoms with Crippen LogP contribution in [0.2, 0.25) is 8.35 Å². The first kappa shape index (κ1) is 34.3. The molecule has 2 saturated carbocycles. The van der Waals surface area contributed by atoms with Crippen molar-refractivity contribution < 1.29 is 44.8 Å². The first-order valence-corrected chi connectivity index (χ1v) is 27.8. The molecule has 1 saturated heterocycles. The zero-order valence-electron chi connectivity index (χ0n) is 28.2. The van der Waals surface area contributed by atoms with Crippen molar-refractivity contribution in [2.75, 3.05) is 0 Å². The van der Waals surface area contributed by atoms with E-state index in [0.29, 0.717) is 0 Å². The molecule has 0 N–H and O–H groups in total. The number of allylic oxidation sites excluding steroid dienone is 2. The molecule has 246 valence electrons. The quantitative estimate of drug-likeness (QED) is 0.181. The van der Waals surface area contributed by atoms with Crippen LogP contribution in [0.4, 0.5) is 0 Å². The van der Waals surface area contributed by atoms with E-state index < -0.39 is 20.0 Å². The second-order valence-corrected chi connectivity index (χ2v) is 31.9. The smallest absolute Gasteiger partial charge is 1.00 e. The number of rotatable bonds is 6. The maximum atomic E-state index is 2.79. The molecule has 3 heteroatoms. The summed E-state index contributed by atoms with van der Waals surface area (Å²) in [4.78, 5) is 0. The van der Waals surface area contributed by atoms with Crippen molar-refractivity contribution in [3.05, 3.63) is 130 Å². The van der Waals surface area contributed by atoms with Crippen LogP contribution in [0.25, 0.3) is 34.4 Å².